The van der Waals surface area contributed by atoms with E-state index in [0.717, 1.165) is 5.56 Å². The van der Waals surface area contributed by atoms with Gasteiger partial charge in [0.25, 0.3) is 0 Å². The van der Waals surface area contributed by atoms with Crippen molar-refractivity contribution in [2.45, 2.75) is 25.5 Å². The average Bonchev–Trinajstić information content (AvgIpc) is 3.07. The molecule has 0 aliphatic carbocycles. The zero-order valence-corrected chi connectivity index (χ0v) is 15.9. The van der Waals surface area contributed by atoms with E-state index < -0.39 is 18.0 Å². The van der Waals surface area contributed by atoms with Crippen LogP contribution in [0.4, 0.5) is 14.9 Å². The first-order valence-corrected chi connectivity index (χ1v) is 9.14. The van der Waals surface area contributed by atoms with Crippen LogP contribution in [0.1, 0.15) is 24.9 Å². The van der Waals surface area contributed by atoms with E-state index in [4.69, 9.17) is 15.7 Å². The molecule has 0 bridgehead atoms. The lowest BCUT2D eigenvalue weighted by molar-refractivity contribution is -0.119. The zero-order chi connectivity index (χ0) is 21.0. The molecule has 0 unspecified atom stereocenters. The summed E-state index contributed by atoms with van der Waals surface area (Å²) in [7, 11) is 0. The molecule has 1 fully saturated rings. The molecule has 29 heavy (non-hydrogen) atoms. The number of carbonyl (C=O) groups excluding carboxylic acids is 2. The number of anilines is 1. The largest absolute Gasteiger partial charge is 0.442 e. The van der Waals surface area contributed by atoms with E-state index in [1.807, 2.05) is 6.07 Å². The van der Waals surface area contributed by atoms with Crippen LogP contribution in [0.3, 0.4) is 0 Å². The summed E-state index contributed by atoms with van der Waals surface area (Å²) in [5, 5.41) is 11.3. The molecule has 1 aliphatic heterocycles. The maximum absolute atomic E-state index is 14.7. The average molecular weight is 396 g/mol. The number of nitrogens with one attached hydrogen (secondary N) is 1. The second-order valence-corrected chi connectivity index (χ2v) is 6.81. The molecule has 1 aliphatic rings. The lowest BCUT2D eigenvalue weighted by atomic mass is 9.99. The molecule has 3 N–H and O–H groups in total. The third-order valence-electron chi connectivity index (χ3n) is 4.68. The molecule has 0 saturated carbocycles. The minimum absolute atomic E-state index is 0.206. The maximum Gasteiger partial charge on any atom is 0.414 e. The number of amides is 2. The van der Waals surface area contributed by atoms with E-state index in [1.54, 1.807) is 36.4 Å². The van der Waals surface area contributed by atoms with Gasteiger partial charge in [-0.15, -0.1) is 0 Å². The van der Waals surface area contributed by atoms with E-state index in [0.29, 0.717) is 16.8 Å². The van der Waals surface area contributed by atoms with Gasteiger partial charge in [-0.25, -0.2) is 9.18 Å². The van der Waals surface area contributed by atoms with Crippen LogP contribution in [-0.4, -0.2) is 31.2 Å². The van der Waals surface area contributed by atoms with Crippen molar-refractivity contribution in [3.63, 3.8) is 0 Å². The summed E-state index contributed by atoms with van der Waals surface area (Å²) in [6.07, 6.45) is -0.861. The molecule has 0 radical (unpaired) electrons. The van der Waals surface area contributed by atoms with Gasteiger partial charge in [-0.2, -0.15) is 5.26 Å². The summed E-state index contributed by atoms with van der Waals surface area (Å²) in [6, 6.07) is 13.2. The highest BCUT2D eigenvalue weighted by atomic mass is 19.1. The number of nitriles is 1. The van der Waals surface area contributed by atoms with Crippen molar-refractivity contribution in [3.05, 3.63) is 53.8 Å². The molecule has 1 saturated heterocycles. The summed E-state index contributed by atoms with van der Waals surface area (Å²) >= 11 is 0. The van der Waals surface area contributed by atoms with Gasteiger partial charge in [0.2, 0.25) is 5.91 Å². The van der Waals surface area contributed by atoms with Crippen molar-refractivity contribution < 1.29 is 18.7 Å². The smallest absolute Gasteiger partial charge is 0.414 e. The number of rotatable bonds is 6. The Hall–Kier alpha value is -3.44. The predicted molar refractivity (Wildman–Crippen MR) is 105 cm³/mol. The van der Waals surface area contributed by atoms with E-state index >= 15 is 0 Å². The highest BCUT2D eigenvalue weighted by Gasteiger charge is 2.32. The molecule has 2 atom stereocenters. The molecular weight excluding hydrogens is 375 g/mol. The molecular formula is C21H21FN4O3. The SMILES string of the molecule is CC(=O)NC[C@H]1CN(c2ccc(-c3ccc([C@@H](N)CC#N)cc3)c(F)c2)C(=O)O1. The van der Waals surface area contributed by atoms with Crippen molar-refractivity contribution in [2.24, 2.45) is 5.73 Å². The molecule has 2 aromatic rings. The van der Waals surface area contributed by atoms with Crippen molar-refractivity contribution in [1.82, 2.24) is 5.32 Å². The Kier molecular flexibility index (Phi) is 6.10. The van der Waals surface area contributed by atoms with Crippen molar-refractivity contribution in [3.8, 4) is 17.2 Å². The van der Waals surface area contributed by atoms with Crippen molar-refractivity contribution in [1.29, 1.82) is 5.26 Å². The highest BCUT2D eigenvalue weighted by molar-refractivity contribution is 5.90. The Morgan fingerprint density at radius 3 is 2.72 bits per heavy atom. The minimum Gasteiger partial charge on any atom is -0.442 e. The van der Waals surface area contributed by atoms with Gasteiger partial charge in [-0.05, 0) is 29.3 Å². The van der Waals surface area contributed by atoms with E-state index in [1.165, 1.54) is 17.9 Å². The molecule has 2 amide bonds. The molecule has 0 spiro atoms. The second-order valence-electron chi connectivity index (χ2n) is 6.81. The third kappa shape index (κ3) is 4.70. The standard InChI is InChI=1S/C21H21FN4O3/c1-13(27)25-11-17-12-26(21(28)29-17)16-6-7-18(19(22)10-16)14-2-4-15(5-3-14)20(24)8-9-23/h2-7,10,17,20H,8,11-12,24H2,1H3,(H,25,27)/t17-,20-/m0/s1. The van der Waals surface area contributed by atoms with Crippen LogP contribution < -0.4 is 16.0 Å². The molecule has 2 aromatic carbocycles. The van der Waals surface area contributed by atoms with Crippen LogP contribution in [0.5, 0.6) is 0 Å². The number of benzene rings is 2. The first-order chi connectivity index (χ1) is 13.9. The normalized spacial score (nSPS) is 16.8. The van der Waals surface area contributed by atoms with Crippen LogP contribution in [0, 0.1) is 17.1 Å². The van der Waals surface area contributed by atoms with Gasteiger partial charge in [0.15, 0.2) is 0 Å². The number of halogens is 1. The van der Waals surface area contributed by atoms with Gasteiger partial charge in [0.1, 0.15) is 11.9 Å². The van der Waals surface area contributed by atoms with Crippen molar-refractivity contribution >= 4 is 17.7 Å². The molecule has 1 heterocycles. The third-order valence-corrected chi connectivity index (χ3v) is 4.68. The molecule has 0 aromatic heterocycles. The monoisotopic (exact) mass is 396 g/mol. The summed E-state index contributed by atoms with van der Waals surface area (Å²) in [5.74, 6) is -0.691. The van der Waals surface area contributed by atoms with Crippen LogP contribution >= 0.6 is 0 Å². The quantitative estimate of drug-likeness (QED) is 0.780. The lowest BCUT2D eigenvalue weighted by Crippen LogP contribution is -2.33. The number of hydrogen-bond donors (Lipinski definition) is 2. The molecule has 3 rings (SSSR count). The van der Waals surface area contributed by atoms with Gasteiger partial charge in [0.05, 0.1) is 31.3 Å². The first-order valence-electron chi connectivity index (χ1n) is 9.14. The fourth-order valence-electron chi connectivity index (χ4n) is 3.13. The van der Waals surface area contributed by atoms with Gasteiger partial charge < -0.3 is 15.8 Å². The Morgan fingerprint density at radius 1 is 1.38 bits per heavy atom. The second kappa shape index (κ2) is 8.71. The number of nitrogens with zero attached hydrogens (tertiary/aromatic N) is 2. The minimum atomic E-state index is -0.580. The van der Waals surface area contributed by atoms with Gasteiger partial charge in [0, 0.05) is 18.5 Å². The number of ether oxygens (including phenoxy) is 1. The Labute approximate surface area is 167 Å². The highest BCUT2D eigenvalue weighted by Crippen LogP contribution is 2.30. The summed E-state index contributed by atoms with van der Waals surface area (Å²) in [5.41, 5.74) is 8.14. The molecule has 8 heteroatoms. The summed E-state index contributed by atoms with van der Waals surface area (Å²) in [6.45, 7) is 1.81. The zero-order valence-electron chi connectivity index (χ0n) is 15.9. The number of cyclic esters (lactones) is 1. The maximum atomic E-state index is 14.7. The van der Waals surface area contributed by atoms with Gasteiger partial charge in [-0.3, -0.25) is 9.69 Å². The van der Waals surface area contributed by atoms with Crippen LogP contribution in [0.25, 0.3) is 11.1 Å². The predicted octanol–water partition coefficient (Wildman–Crippen LogP) is 2.87. The van der Waals surface area contributed by atoms with Crippen LogP contribution in [0.2, 0.25) is 0 Å². The van der Waals surface area contributed by atoms with Crippen LogP contribution in [-0.2, 0) is 9.53 Å². The number of hydrogen-bond acceptors (Lipinski definition) is 5. The Balaban J connectivity index is 1.74. The van der Waals surface area contributed by atoms with Crippen LogP contribution in [0.15, 0.2) is 42.5 Å². The van der Waals surface area contributed by atoms with Crippen molar-refractivity contribution in [2.75, 3.05) is 18.0 Å². The molecule has 150 valence electrons. The van der Waals surface area contributed by atoms with Gasteiger partial charge in [-0.1, -0.05) is 24.3 Å². The number of carbonyl (C=O) groups is 2. The van der Waals surface area contributed by atoms with E-state index in [9.17, 15) is 14.0 Å². The summed E-state index contributed by atoms with van der Waals surface area (Å²) < 4.78 is 19.9. The number of nitrogens with two attached hydrogens (primary N) is 1. The first kappa shape index (κ1) is 20.3. The summed E-state index contributed by atoms with van der Waals surface area (Å²) in [4.78, 5) is 24.4. The molecule has 7 nitrogen and oxygen atoms in total. The fraction of sp³-hybridized carbons (Fsp3) is 0.286. The lowest BCUT2D eigenvalue weighted by Gasteiger charge is -2.15. The topological polar surface area (TPSA) is 108 Å². The Morgan fingerprint density at radius 2 is 2.10 bits per heavy atom. The van der Waals surface area contributed by atoms with Gasteiger partial charge >= 0.3 is 6.09 Å². The Bertz CT molecular complexity index is 955. The van der Waals surface area contributed by atoms with E-state index in [-0.39, 0.29) is 31.5 Å². The van der Waals surface area contributed by atoms with E-state index in [2.05, 4.69) is 5.32 Å². The fourth-order valence-corrected chi connectivity index (χ4v) is 3.13.